The number of aliphatic imine (C=N–C) groups is 1. The molecule has 4 aliphatic rings. The number of amidine groups is 1. The molecule has 1 atom stereocenters. The van der Waals surface area contributed by atoms with Crippen LogP contribution >= 0.6 is 11.3 Å². The number of methoxy groups -OCH3 is 1. The quantitative estimate of drug-likeness (QED) is 0.821. The van der Waals surface area contributed by atoms with E-state index in [4.69, 9.17) is 20.4 Å². The van der Waals surface area contributed by atoms with E-state index in [-0.39, 0.29) is 11.0 Å². The lowest BCUT2D eigenvalue weighted by atomic mass is 9.61. The highest BCUT2D eigenvalue weighted by atomic mass is 32.1. The first kappa shape index (κ1) is 17.2. The third-order valence-electron chi connectivity index (χ3n) is 7.69. The molecule has 5 heteroatoms. The number of aromatic nitrogens is 1. The van der Waals surface area contributed by atoms with Crippen LogP contribution in [0.2, 0.25) is 0 Å². The number of rotatable bonds is 2. The Morgan fingerprint density at radius 3 is 2.68 bits per heavy atom. The summed E-state index contributed by atoms with van der Waals surface area (Å²) in [6, 6.07) is 7.23. The first-order chi connectivity index (χ1) is 13.6. The van der Waals surface area contributed by atoms with Gasteiger partial charge in [-0.2, -0.15) is 0 Å². The number of thiazole rings is 1. The van der Waals surface area contributed by atoms with Crippen molar-refractivity contribution in [2.45, 2.75) is 69.4 Å². The Morgan fingerprint density at radius 1 is 1.18 bits per heavy atom. The molecule has 2 aromatic rings. The second-order valence-electron chi connectivity index (χ2n) is 9.20. The van der Waals surface area contributed by atoms with Gasteiger partial charge >= 0.3 is 0 Å². The minimum Gasteiger partial charge on any atom is -0.382 e. The standard InChI is InChI=1S/C23H27N3OS/c1-13-25-19-20(28-13)23(26-21(19)24)18-11-15(14-3-4-14)5-6-16(18)12-22(23)9-7-17(27-2)8-10-22/h5-6,11,14,17H,3-4,7-10,12H2,1-2H3,(H2,24,26). The topological polar surface area (TPSA) is 60.5 Å². The molecular formula is C23H27N3OS. The van der Waals surface area contributed by atoms with E-state index in [9.17, 15) is 0 Å². The molecule has 1 aromatic heterocycles. The van der Waals surface area contributed by atoms with Crippen LogP contribution < -0.4 is 5.73 Å². The lowest BCUT2D eigenvalue weighted by Crippen LogP contribution is -2.44. The fraction of sp³-hybridized carbons (Fsp3) is 0.565. The largest absolute Gasteiger partial charge is 0.382 e. The van der Waals surface area contributed by atoms with Crippen molar-refractivity contribution >= 4 is 17.2 Å². The zero-order valence-corrected chi connectivity index (χ0v) is 17.4. The van der Waals surface area contributed by atoms with E-state index in [1.165, 1.54) is 34.4 Å². The fourth-order valence-corrected chi connectivity index (χ4v) is 7.32. The van der Waals surface area contributed by atoms with E-state index in [0.717, 1.165) is 48.7 Å². The van der Waals surface area contributed by atoms with E-state index in [1.54, 1.807) is 0 Å². The predicted octanol–water partition coefficient (Wildman–Crippen LogP) is 4.42. The summed E-state index contributed by atoms with van der Waals surface area (Å²) in [5.41, 5.74) is 11.6. The molecule has 0 radical (unpaired) electrons. The zero-order chi connectivity index (χ0) is 19.1. The first-order valence-electron chi connectivity index (χ1n) is 10.6. The van der Waals surface area contributed by atoms with Crippen LogP contribution in [0, 0.1) is 12.3 Å². The van der Waals surface area contributed by atoms with E-state index in [1.807, 2.05) is 18.4 Å². The number of ether oxygens (including phenoxy) is 1. The second kappa shape index (κ2) is 5.67. The molecule has 1 aromatic carbocycles. The fourth-order valence-electron chi connectivity index (χ4n) is 6.12. The van der Waals surface area contributed by atoms with Gasteiger partial charge in [0.1, 0.15) is 17.1 Å². The first-order valence-corrected chi connectivity index (χ1v) is 11.4. The van der Waals surface area contributed by atoms with Gasteiger partial charge in [-0.1, -0.05) is 18.2 Å². The smallest absolute Gasteiger partial charge is 0.147 e. The summed E-state index contributed by atoms with van der Waals surface area (Å²) in [7, 11) is 1.85. The molecule has 6 rings (SSSR count). The number of fused-ring (bicyclic) bond motifs is 5. The molecule has 2 N–H and O–H groups in total. The van der Waals surface area contributed by atoms with Gasteiger partial charge in [-0.15, -0.1) is 11.3 Å². The number of nitrogens with zero attached hydrogens (tertiary/aromatic N) is 2. The van der Waals surface area contributed by atoms with Crippen LogP contribution in [0.25, 0.3) is 0 Å². The molecule has 2 saturated carbocycles. The van der Waals surface area contributed by atoms with Gasteiger partial charge in [-0.05, 0) is 74.5 Å². The average Bonchev–Trinajstić information content (AvgIpc) is 3.36. The van der Waals surface area contributed by atoms with Gasteiger partial charge < -0.3 is 10.5 Å². The Kier molecular flexibility index (Phi) is 3.47. The molecule has 4 nitrogen and oxygen atoms in total. The van der Waals surface area contributed by atoms with Gasteiger partial charge in [0.15, 0.2) is 0 Å². The summed E-state index contributed by atoms with van der Waals surface area (Å²) in [4.78, 5) is 11.4. The van der Waals surface area contributed by atoms with Crippen molar-refractivity contribution < 1.29 is 4.74 Å². The number of hydrogen-bond donors (Lipinski definition) is 1. The molecule has 1 aliphatic heterocycles. The van der Waals surface area contributed by atoms with Crippen LogP contribution in [-0.2, 0) is 16.7 Å². The Labute approximate surface area is 170 Å². The third kappa shape index (κ3) is 2.09. The monoisotopic (exact) mass is 393 g/mol. The molecule has 1 unspecified atom stereocenters. The molecule has 0 saturated heterocycles. The minimum atomic E-state index is -0.336. The Morgan fingerprint density at radius 2 is 1.96 bits per heavy atom. The lowest BCUT2D eigenvalue weighted by molar-refractivity contribution is 0.00748. The summed E-state index contributed by atoms with van der Waals surface area (Å²) in [6.07, 6.45) is 8.58. The molecule has 3 aliphatic carbocycles. The molecule has 28 heavy (non-hydrogen) atoms. The van der Waals surface area contributed by atoms with Gasteiger partial charge in [-0.3, -0.25) is 0 Å². The van der Waals surface area contributed by atoms with Crippen molar-refractivity contribution in [1.29, 1.82) is 0 Å². The van der Waals surface area contributed by atoms with Crippen LogP contribution in [0.5, 0.6) is 0 Å². The molecular weight excluding hydrogens is 366 g/mol. The highest BCUT2D eigenvalue weighted by Gasteiger charge is 2.63. The maximum absolute atomic E-state index is 6.49. The molecule has 2 fully saturated rings. The van der Waals surface area contributed by atoms with Crippen molar-refractivity contribution in [2.24, 2.45) is 16.1 Å². The van der Waals surface area contributed by atoms with Gasteiger partial charge in [-0.25, -0.2) is 9.98 Å². The highest BCUT2D eigenvalue weighted by Crippen LogP contribution is 2.65. The predicted molar refractivity (Wildman–Crippen MR) is 112 cm³/mol. The van der Waals surface area contributed by atoms with Crippen molar-refractivity contribution in [1.82, 2.24) is 4.98 Å². The summed E-state index contributed by atoms with van der Waals surface area (Å²) < 4.78 is 5.71. The normalized spacial score (nSPS) is 33.4. The number of benzene rings is 1. The van der Waals surface area contributed by atoms with Crippen LogP contribution in [0.15, 0.2) is 23.2 Å². The SMILES string of the molecule is COC1CCC2(CC1)Cc1ccc(C3CC3)cc1C21N=C(N)c2nc(C)sc21. The van der Waals surface area contributed by atoms with Gasteiger partial charge in [0.2, 0.25) is 0 Å². The van der Waals surface area contributed by atoms with Crippen LogP contribution in [-0.4, -0.2) is 24.0 Å². The van der Waals surface area contributed by atoms with E-state index in [0.29, 0.717) is 11.9 Å². The number of aryl methyl sites for hydroxylation is 1. The van der Waals surface area contributed by atoms with Gasteiger partial charge in [0.05, 0.1) is 16.0 Å². The lowest BCUT2D eigenvalue weighted by Gasteiger charge is -2.46. The third-order valence-corrected chi connectivity index (χ3v) is 8.76. The molecule has 2 heterocycles. The van der Waals surface area contributed by atoms with Crippen molar-refractivity contribution in [3.63, 3.8) is 0 Å². The van der Waals surface area contributed by atoms with E-state index in [2.05, 4.69) is 25.1 Å². The number of hydrogen-bond acceptors (Lipinski definition) is 5. The summed E-state index contributed by atoms with van der Waals surface area (Å²) in [6.45, 7) is 2.09. The van der Waals surface area contributed by atoms with Crippen molar-refractivity contribution in [3.8, 4) is 0 Å². The van der Waals surface area contributed by atoms with Gasteiger partial charge in [0, 0.05) is 12.5 Å². The Hall–Kier alpha value is -1.72. The number of nitrogens with two attached hydrogens (primary N) is 1. The highest BCUT2D eigenvalue weighted by molar-refractivity contribution is 7.12. The second-order valence-corrected chi connectivity index (χ2v) is 10.4. The molecule has 2 spiro atoms. The summed E-state index contributed by atoms with van der Waals surface area (Å²) in [5.74, 6) is 1.38. The Balaban J connectivity index is 1.58. The molecule has 146 valence electrons. The Bertz CT molecular complexity index is 997. The van der Waals surface area contributed by atoms with Crippen molar-refractivity contribution in [3.05, 3.63) is 50.5 Å². The minimum absolute atomic E-state index is 0.0986. The molecule has 0 bridgehead atoms. The van der Waals surface area contributed by atoms with Crippen molar-refractivity contribution in [2.75, 3.05) is 7.11 Å². The van der Waals surface area contributed by atoms with E-state index >= 15 is 0 Å². The van der Waals surface area contributed by atoms with E-state index < -0.39 is 0 Å². The van der Waals surface area contributed by atoms with Crippen LogP contribution in [0.3, 0.4) is 0 Å². The zero-order valence-electron chi connectivity index (χ0n) is 16.6. The van der Waals surface area contributed by atoms with Crippen LogP contribution in [0.1, 0.15) is 76.7 Å². The maximum Gasteiger partial charge on any atom is 0.147 e. The average molecular weight is 394 g/mol. The summed E-state index contributed by atoms with van der Waals surface area (Å²) in [5, 5.41) is 1.09. The molecule has 0 amide bonds. The summed E-state index contributed by atoms with van der Waals surface area (Å²) >= 11 is 1.81. The van der Waals surface area contributed by atoms with Crippen LogP contribution in [0.4, 0.5) is 0 Å². The maximum atomic E-state index is 6.49. The van der Waals surface area contributed by atoms with Gasteiger partial charge in [0.25, 0.3) is 0 Å².